The molecule has 1 fully saturated rings. The Morgan fingerprint density at radius 2 is 2.00 bits per heavy atom. The van der Waals surface area contributed by atoms with Crippen molar-refractivity contribution in [1.82, 2.24) is 5.48 Å². The number of carbonyl (C=O) groups excluding carboxylic acids is 1. The average molecular weight is 187 g/mol. The molecule has 0 bridgehead atoms. The van der Waals surface area contributed by atoms with Gasteiger partial charge in [0.05, 0.1) is 5.92 Å². The topological polar surface area (TPSA) is 58.6 Å². The normalized spacial score (nSPS) is 28.0. The number of carbonyl (C=O) groups is 1. The summed E-state index contributed by atoms with van der Waals surface area (Å²) in [6, 6.07) is 0.0671. The van der Waals surface area contributed by atoms with Gasteiger partial charge in [-0.1, -0.05) is 0 Å². The molecule has 13 heavy (non-hydrogen) atoms. The van der Waals surface area contributed by atoms with Crippen LogP contribution in [0, 0.1) is 5.92 Å². The standard InChI is InChI=1S/C9H17NO3/c1-9(2,3)13-8(11)6-4-7(5-6)10-12/h6-7,10,12H,4-5H2,1-3H3. The number of hydrogen-bond donors (Lipinski definition) is 2. The van der Waals surface area contributed by atoms with Crippen LogP contribution in [-0.4, -0.2) is 22.8 Å². The van der Waals surface area contributed by atoms with Gasteiger partial charge in [-0.2, -0.15) is 0 Å². The Morgan fingerprint density at radius 3 is 2.38 bits per heavy atom. The lowest BCUT2D eigenvalue weighted by Gasteiger charge is -2.34. The summed E-state index contributed by atoms with van der Waals surface area (Å²) in [5.74, 6) is -0.192. The zero-order valence-corrected chi connectivity index (χ0v) is 8.33. The number of esters is 1. The largest absolute Gasteiger partial charge is 0.460 e. The fourth-order valence-electron chi connectivity index (χ4n) is 1.30. The lowest BCUT2D eigenvalue weighted by Crippen LogP contribution is -2.44. The quantitative estimate of drug-likeness (QED) is 0.502. The van der Waals surface area contributed by atoms with Crippen LogP contribution in [0.15, 0.2) is 0 Å². The minimum atomic E-state index is -0.408. The number of rotatable bonds is 2. The molecule has 4 heteroatoms. The zero-order chi connectivity index (χ0) is 10.1. The molecular formula is C9H17NO3. The maximum absolute atomic E-state index is 11.4. The molecule has 0 atom stereocenters. The third-order valence-electron chi connectivity index (χ3n) is 2.06. The fourth-order valence-corrected chi connectivity index (χ4v) is 1.30. The average Bonchev–Trinajstić information content (AvgIpc) is 1.79. The number of nitrogens with one attached hydrogen (secondary N) is 1. The lowest BCUT2D eigenvalue weighted by atomic mass is 9.81. The summed E-state index contributed by atoms with van der Waals surface area (Å²) < 4.78 is 5.19. The van der Waals surface area contributed by atoms with E-state index in [0.29, 0.717) is 12.8 Å². The van der Waals surface area contributed by atoms with Gasteiger partial charge in [-0.3, -0.25) is 4.79 Å². The van der Waals surface area contributed by atoms with Gasteiger partial charge in [-0.15, -0.1) is 0 Å². The molecule has 0 amide bonds. The van der Waals surface area contributed by atoms with E-state index in [1.807, 2.05) is 20.8 Å². The van der Waals surface area contributed by atoms with Gasteiger partial charge in [-0.25, -0.2) is 5.48 Å². The van der Waals surface area contributed by atoms with E-state index in [1.54, 1.807) is 0 Å². The SMILES string of the molecule is CC(C)(C)OC(=O)C1CC(NO)C1. The van der Waals surface area contributed by atoms with Crippen LogP contribution in [0.5, 0.6) is 0 Å². The van der Waals surface area contributed by atoms with Crippen molar-refractivity contribution in [2.75, 3.05) is 0 Å². The summed E-state index contributed by atoms with van der Waals surface area (Å²) >= 11 is 0. The van der Waals surface area contributed by atoms with Crippen LogP contribution in [0.1, 0.15) is 33.6 Å². The Morgan fingerprint density at radius 1 is 1.46 bits per heavy atom. The van der Waals surface area contributed by atoms with Gasteiger partial charge in [0.2, 0.25) is 0 Å². The predicted octanol–water partition coefficient (Wildman–Crippen LogP) is 1.09. The molecule has 0 aromatic carbocycles. The van der Waals surface area contributed by atoms with Crippen LogP contribution in [0.2, 0.25) is 0 Å². The number of hydrogen-bond acceptors (Lipinski definition) is 4. The van der Waals surface area contributed by atoms with E-state index in [1.165, 1.54) is 0 Å². The van der Waals surface area contributed by atoms with E-state index in [-0.39, 0.29) is 17.9 Å². The molecule has 0 heterocycles. The molecule has 0 saturated heterocycles. The van der Waals surface area contributed by atoms with Crippen molar-refractivity contribution in [2.45, 2.75) is 45.3 Å². The highest BCUT2D eigenvalue weighted by molar-refractivity contribution is 5.74. The highest BCUT2D eigenvalue weighted by atomic mass is 16.6. The highest BCUT2D eigenvalue weighted by Gasteiger charge is 2.36. The summed E-state index contributed by atoms with van der Waals surface area (Å²) in [5, 5.41) is 8.52. The van der Waals surface area contributed by atoms with Crippen molar-refractivity contribution in [2.24, 2.45) is 5.92 Å². The molecule has 0 spiro atoms. The van der Waals surface area contributed by atoms with Crippen molar-refractivity contribution in [3.05, 3.63) is 0 Å². The molecule has 1 saturated carbocycles. The van der Waals surface area contributed by atoms with Gasteiger partial charge in [-0.05, 0) is 33.6 Å². The van der Waals surface area contributed by atoms with Gasteiger partial charge >= 0.3 is 5.97 Å². The van der Waals surface area contributed by atoms with Crippen LogP contribution in [0.3, 0.4) is 0 Å². The van der Waals surface area contributed by atoms with Gasteiger partial charge in [0, 0.05) is 6.04 Å². The summed E-state index contributed by atoms with van der Waals surface area (Å²) in [6.45, 7) is 5.56. The fraction of sp³-hybridized carbons (Fsp3) is 0.889. The van der Waals surface area contributed by atoms with Crippen molar-refractivity contribution < 1.29 is 14.7 Å². The number of hydroxylamine groups is 1. The van der Waals surface area contributed by atoms with Crippen molar-refractivity contribution >= 4 is 5.97 Å². The highest BCUT2D eigenvalue weighted by Crippen LogP contribution is 2.29. The Labute approximate surface area is 78.2 Å². The van der Waals surface area contributed by atoms with E-state index in [4.69, 9.17) is 9.94 Å². The monoisotopic (exact) mass is 187 g/mol. The van der Waals surface area contributed by atoms with E-state index >= 15 is 0 Å². The summed E-state index contributed by atoms with van der Waals surface area (Å²) in [5.41, 5.74) is 1.73. The van der Waals surface area contributed by atoms with Gasteiger partial charge in [0.1, 0.15) is 5.60 Å². The van der Waals surface area contributed by atoms with Crippen LogP contribution in [0.25, 0.3) is 0 Å². The van der Waals surface area contributed by atoms with Crippen LogP contribution in [-0.2, 0) is 9.53 Å². The minimum absolute atomic E-state index is 0.0381. The zero-order valence-electron chi connectivity index (χ0n) is 8.33. The molecule has 4 nitrogen and oxygen atoms in total. The van der Waals surface area contributed by atoms with E-state index in [9.17, 15) is 4.79 Å². The molecule has 0 radical (unpaired) electrons. The maximum Gasteiger partial charge on any atom is 0.309 e. The van der Waals surface area contributed by atoms with Crippen LogP contribution in [0.4, 0.5) is 0 Å². The molecule has 1 aliphatic carbocycles. The maximum atomic E-state index is 11.4. The number of ether oxygens (including phenoxy) is 1. The molecule has 1 rings (SSSR count). The Kier molecular flexibility index (Phi) is 2.93. The third kappa shape index (κ3) is 2.97. The van der Waals surface area contributed by atoms with Gasteiger partial charge in [0.25, 0.3) is 0 Å². The lowest BCUT2D eigenvalue weighted by molar-refractivity contribution is -0.164. The third-order valence-corrected chi connectivity index (χ3v) is 2.06. The molecule has 1 aliphatic rings. The molecule has 0 unspecified atom stereocenters. The van der Waals surface area contributed by atoms with Gasteiger partial charge < -0.3 is 9.94 Å². The first-order valence-electron chi connectivity index (χ1n) is 4.55. The second-order valence-electron chi connectivity index (χ2n) is 4.53. The Hall–Kier alpha value is -0.610. The summed E-state index contributed by atoms with van der Waals surface area (Å²) in [6.07, 6.45) is 1.34. The van der Waals surface area contributed by atoms with Crippen LogP contribution < -0.4 is 5.48 Å². The molecule has 2 N–H and O–H groups in total. The second kappa shape index (κ2) is 3.64. The summed E-state index contributed by atoms with van der Waals surface area (Å²) in [7, 11) is 0. The van der Waals surface area contributed by atoms with Crippen molar-refractivity contribution in [3.8, 4) is 0 Å². The molecule has 0 aromatic rings. The van der Waals surface area contributed by atoms with Crippen molar-refractivity contribution in [3.63, 3.8) is 0 Å². The van der Waals surface area contributed by atoms with E-state index in [2.05, 4.69) is 5.48 Å². The second-order valence-corrected chi connectivity index (χ2v) is 4.53. The van der Waals surface area contributed by atoms with E-state index in [0.717, 1.165) is 0 Å². The molecule has 0 aliphatic heterocycles. The molecule has 76 valence electrons. The molecule has 0 aromatic heterocycles. The van der Waals surface area contributed by atoms with Crippen molar-refractivity contribution in [1.29, 1.82) is 0 Å². The minimum Gasteiger partial charge on any atom is -0.460 e. The van der Waals surface area contributed by atoms with Crippen LogP contribution >= 0.6 is 0 Å². The van der Waals surface area contributed by atoms with E-state index < -0.39 is 5.60 Å². The van der Waals surface area contributed by atoms with Gasteiger partial charge in [0.15, 0.2) is 0 Å². The predicted molar refractivity (Wildman–Crippen MR) is 47.3 cm³/mol. The summed E-state index contributed by atoms with van der Waals surface area (Å²) in [4.78, 5) is 11.4. The Bertz CT molecular complexity index is 192. The smallest absolute Gasteiger partial charge is 0.309 e. The Balaban J connectivity index is 2.27. The molecular weight excluding hydrogens is 170 g/mol. The first kappa shape index (κ1) is 10.5. The first-order chi connectivity index (χ1) is 5.92. The first-order valence-corrected chi connectivity index (χ1v) is 4.55.